The molecule has 0 radical (unpaired) electrons. The van der Waals surface area contributed by atoms with E-state index in [0.29, 0.717) is 12.8 Å². The number of hydrogen-bond acceptors (Lipinski definition) is 2. The standard InChI is InChI=1S/C7H10Cl2O2/c1-3-7(4-2,5(8)10)6(9)11/h3-4H2,1-2H3. The molecule has 0 aromatic heterocycles. The Hall–Kier alpha value is -0.0800. The first-order chi connectivity index (χ1) is 5.01. The molecule has 11 heavy (non-hydrogen) atoms. The van der Waals surface area contributed by atoms with Gasteiger partial charge >= 0.3 is 0 Å². The van der Waals surface area contributed by atoms with Crippen molar-refractivity contribution in [3.8, 4) is 0 Å². The molecule has 0 aromatic rings. The van der Waals surface area contributed by atoms with Crippen LogP contribution in [0, 0.1) is 5.41 Å². The summed E-state index contributed by atoms with van der Waals surface area (Å²) in [5, 5.41) is -1.33. The third-order valence-electron chi connectivity index (χ3n) is 1.96. The highest BCUT2D eigenvalue weighted by molar-refractivity contribution is 6.74. The van der Waals surface area contributed by atoms with Crippen molar-refractivity contribution in [3.63, 3.8) is 0 Å². The van der Waals surface area contributed by atoms with Gasteiger partial charge in [0.05, 0.1) is 0 Å². The Kier molecular flexibility index (Phi) is 4.04. The van der Waals surface area contributed by atoms with E-state index >= 15 is 0 Å². The number of carbonyl (C=O) groups excluding carboxylic acids is 2. The SMILES string of the molecule is CCC(CC)(C(=O)Cl)C(=O)Cl. The Bertz CT molecular complexity index is 157. The van der Waals surface area contributed by atoms with E-state index in [0.717, 1.165) is 0 Å². The maximum atomic E-state index is 10.8. The monoisotopic (exact) mass is 196 g/mol. The lowest BCUT2D eigenvalue weighted by atomic mass is 9.85. The molecule has 0 aliphatic carbocycles. The van der Waals surface area contributed by atoms with Crippen LogP contribution in [0.2, 0.25) is 0 Å². The molecule has 0 spiro atoms. The van der Waals surface area contributed by atoms with E-state index in [1.165, 1.54) is 0 Å². The Morgan fingerprint density at radius 2 is 1.36 bits per heavy atom. The number of carbonyl (C=O) groups is 2. The molecule has 4 heteroatoms. The van der Waals surface area contributed by atoms with Gasteiger partial charge in [-0.15, -0.1) is 0 Å². The molecule has 0 saturated carbocycles. The Morgan fingerprint density at radius 3 is 1.36 bits per heavy atom. The fourth-order valence-electron chi connectivity index (χ4n) is 0.883. The topological polar surface area (TPSA) is 34.1 Å². The molecule has 0 N–H and O–H groups in total. The highest BCUT2D eigenvalue weighted by atomic mass is 35.5. The molecule has 0 amide bonds. The summed E-state index contributed by atoms with van der Waals surface area (Å²) < 4.78 is 0. The molecule has 0 bridgehead atoms. The maximum Gasteiger partial charge on any atom is 0.236 e. The molecule has 2 nitrogen and oxygen atoms in total. The van der Waals surface area contributed by atoms with Crippen LogP contribution in [0.1, 0.15) is 26.7 Å². The van der Waals surface area contributed by atoms with Crippen molar-refractivity contribution in [2.75, 3.05) is 0 Å². The van der Waals surface area contributed by atoms with Crippen molar-refractivity contribution in [1.82, 2.24) is 0 Å². The van der Waals surface area contributed by atoms with Gasteiger partial charge in [0.15, 0.2) is 0 Å². The van der Waals surface area contributed by atoms with Gasteiger partial charge in [0, 0.05) is 0 Å². The minimum Gasteiger partial charge on any atom is -0.280 e. The number of hydrogen-bond donors (Lipinski definition) is 0. The van der Waals surface area contributed by atoms with Crippen LogP contribution < -0.4 is 0 Å². The van der Waals surface area contributed by atoms with Gasteiger partial charge in [-0.1, -0.05) is 13.8 Å². The molecular weight excluding hydrogens is 187 g/mol. The van der Waals surface area contributed by atoms with Crippen molar-refractivity contribution < 1.29 is 9.59 Å². The van der Waals surface area contributed by atoms with E-state index in [4.69, 9.17) is 23.2 Å². The van der Waals surface area contributed by atoms with Crippen molar-refractivity contribution in [2.24, 2.45) is 5.41 Å². The molecule has 0 aliphatic rings. The molecule has 0 atom stereocenters. The van der Waals surface area contributed by atoms with Crippen molar-refractivity contribution in [3.05, 3.63) is 0 Å². The van der Waals surface area contributed by atoms with Crippen LogP contribution in [0.5, 0.6) is 0 Å². The van der Waals surface area contributed by atoms with Gasteiger partial charge in [0.1, 0.15) is 5.41 Å². The Labute approximate surface area is 75.9 Å². The van der Waals surface area contributed by atoms with Crippen LogP contribution in [0.4, 0.5) is 0 Å². The van der Waals surface area contributed by atoms with E-state index in [-0.39, 0.29) is 0 Å². The predicted molar refractivity (Wildman–Crippen MR) is 44.7 cm³/mol. The van der Waals surface area contributed by atoms with Gasteiger partial charge < -0.3 is 0 Å². The van der Waals surface area contributed by atoms with Crippen LogP contribution in [0.3, 0.4) is 0 Å². The van der Waals surface area contributed by atoms with E-state index in [2.05, 4.69) is 0 Å². The second-order valence-electron chi connectivity index (χ2n) is 2.34. The first-order valence-electron chi connectivity index (χ1n) is 3.41. The van der Waals surface area contributed by atoms with Crippen LogP contribution in [-0.4, -0.2) is 10.5 Å². The van der Waals surface area contributed by atoms with Crippen LogP contribution >= 0.6 is 23.2 Å². The molecule has 0 saturated heterocycles. The van der Waals surface area contributed by atoms with Crippen molar-refractivity contribution in [2.45, 2.75) is 26.7 Å². The summed E-state index contributed by atoms with van der Waals surface area (Å²) in [5.74, 6) is 0. The summed E-state index contributed by atoms with van der Waals surface area (Å²) in [5.41, 5.74) is -1.16. The van der Waals surface area contributed by atoms with E-state index in [1.54, 1.807) is 13.8 Å². The molecule has 0 rings (SSSR count). The summed E-state index contributed by atoms with van der Waals surface area (Å²) in [6.07, 6.45) is 0.711. The van der Waals surface area contributed by atoms with Gasteiger partial charge in [-0.25, -0.2) is 0 Å². The highest BCUT2D eigenvalue weighted by Crippen LogP contribution is 2.31. The van der Waals surface area contributed by atoms with Crippen LogP contribution in [-0.2, 0) is 9.59 Å². The predicted octanol–water partition coefficient (Wildman–Crippen LogP) is 2.32. The summed E-state index contributed by atoms with van der Waals surface area (Å²) in [6, 6.07) is 0. The fraction of sp³-hybridized carbons (Fsp3) is 0.714. The van der Waals surface area contributed by atoms with Gasteiger partial charge in [0.25, 0.3) is 0 Å². The number of rotatable bonds is 4. The minimum absolute atomic E-state index is 0.355. The third kappa shape index (κ3) is 1.94. The molecular formula is C7H10Cl2O2. The largest absolute Gasteiger partial charge is 0.280 e. The summed E-state index contributed by atoms with van der Waals surface area (Å²) in [6.45, 7) is 3.42. The van der Waals surface area contributed by atoms with Gasteiger partial charge in [-0.05, 0) is 36.0 Å². The Balaban J connectivity index is 4.76. The van der Waals surface area contributed by atoms with Gasteiger partial charge in [-0.3, -0.25) is 9.59 Å². The quantitative estimate of drug-likeness (QED) is 0.511. The van der Waals surface area contributed by atoms with Crippen LogP contribution in [0.25, 0.3) is 0 Å². The van der Waals surface area contributed by atoms with E-state index < -0.39 is 15.9 Å². The first-order valence-corrected chi connectivity index (χ1v) is 4.16. The second-order valence-corrected chi connectivity index (χ2v) is 3.02. The lowest BCUT2D eigenvalue weighted by Crippen LogP contribution is -2.32. The lowest BCUT2D eigenvalue weighted by Gasteiger charge is -2.21. The molecule has 0 aromatic carbocycles. The molecule has 64 valence electrons. The third-order valence-corrected chi connectivity index (χ3v) is 2.68. The first kappa shape index (κ1) is 10.9. The lowest BCUT2D eigenvalue weighted by molar-refractivity contribution is -0.131. The zero-order valence-electron chi connectivity index (χ0n) is 6.49. The normalized spacial score (nSPS) is 11.3. The van der Waals surface area contributed by atoms with E-state index in [1.807, 2.05) is 0 Å². The maximum absolute atomic E-state index is 10.8. The fourth-order valence-corrected chi connectivity index (χ4v) is 1.64. The Morgan fingerprint density at radius 1 is 1.09 bits per heavy atom. The highest BCUT2D eigenvalue weighted by Gasteiger charge is 2.40. The smallest absolute Gasteiger partial charge is 0.236 e. The molecule has 0 unspecified atom stereocenters. The average molecular weight is 197 g/mol. The minimum atomic E-state index is -1.16. The molecule has 0 fully saturated rings. The summed E-state index contributed by atoms with van der Waals surface area (Å²) in [7, 11) is 0. The van der Waals surface area contributed by atoms with Crippen LogP contribution in [0.15, 0.2) is 0 Å². The zero-order chi connectivity index (χ0) is 9.07. The molecule has 0 heterocycles. The second kappa shape index (κ2) is 4.07. The van der Waals surface area contributed by atoms with Gasteiger partial charge in [-0.2, -0.15) is 0 Å². The van der Waals surface area contributed by atoms with E-state index in [9.17, 15) is 9.59 Å². The summed E-state index contributed by atoms with van der Waals surface area (Å²) in [4.78, 5) is 21.7. The average Bonchev–Trinajstić information content (AvgIpc) is 1.90. The zero-order valence-corrected chi connectivity index (χ0v) is 8.00. The van der Waals surface area contributed by atoms with Crippen molar-refractivity contribution in [1.29, 1.82) is 0 Å². The van der Waals surface area contributed by atoms with Crippen molar-refractivity contribution >= 4 is 33.7 Å². The van der Waals surface area contributed by atoms with Gasteiger partial charge in [0.2, 0.25) is 10.5 Å². The summed E-state index contributed by atoms with van der Waals surface area (Å²) >= 11 is 10.5. The number of halogens is 2. The molecule has 0 aliphatic heterocycles.